The molecule has 0 radical (unpaired) electrons. The molecule has 0 spiro atoms. The lowest BCUT2D eigenvalue weighted by molar-refractivity contribution is -0.196. The molecule has 1 saturated heterocycles. The second kappa shape index (κ2) is 5.71. The van der Waals surface area contributed by atoms with E-state index < -0.39 is 12.2 Å². The summed E-state index contributed by atoms with van der Waals surface area (Å²) in [6.07, 6.45) is -2.98. The monoisotopic (exact) mass is 301 g/mol. The van der Waals surface area contributed by atoms with E-state index in [0.717, 1.165) is 6.42 Å². The smallest absolute Gasteiger partial charge is 0.292 e. The minimum atomic E-state index is -4.09. The third kappa shape index (κ3) is 3.91. The van der Waals surface area contributed by atoms with Gasteiger partial charge in [-0.15, -0.1) is 0 Å². The van der Waals surface area contributed by atoms with Crippen LogP contribution in [0.1, 0.15) is 26.7 Å². The van der Waals surface area contributed by atoms with E-state index in [-0.39, 0.29) is 18.3 Å². The maximum Gasteiger partial charge on any atom is 0.404 e. The Balaban J connectivity index is 2.68. The lowest BCUT2D eigenvalue weighted by atomic mass is 9.91. The Kier molecular flexibility index (Phi) is 5.10. The SMILES string of the molecule is CC(C)CN1CC[C@H](CBr)C[C@@H]1C(F)(F)F. The molecule has 16 heavy (non-hydrogen) atoms. The highest BCUT2D eigenvalue weighted by Gasteiger charge is 2.46. The van der Waals surface area contributed by atoms with Gasteiger partial charge in [0.15, 0.2) is 0 Å². The fourth-order valence-corrected chi connectivity index (χ4v) is 2.84. The number of alkyl halides is 4. The van der Waals surface area contributed by atoms with Crippen LogP contribution < -0.4 is 0 Å². The molecule has 1 aliphatic rings. The van der Waals surface area contributed by atoms with Crippen molar-refractivity contribution in [2.24, 2.45) is 11.8 Å². The molecule has 0 aromatic carbocycles. The maximum atomic E-state index is 12.9. The second-order valence-electron chi connectivity index (χ2n) is 4.99. The molecule has 1 rings (SSSR count). The van der Waals surface area contributed by atoms with Crippen molar-refractivity contribution in [1.29, 1.82) is 0 Å². The lowest BCUT2D eigenvalue weighted by Gasteiger charge is -2.40. The van der Waals surface area contributed by atoms with Gasteiger partial charge < -0.3 is 0 Å². The van der Waals surface area contributed by atoms with Gasteiger partial charge in [0.2, 0.25) is 0 Å². The van der Waals surface area contributed by atoms with Gasteiger partial charge in [-0.2, -0.15) is 13.2 Å². The predicted octanol–water partition coefficient (Wildman–Crippen LogP) is 3.68. The Labute approximate surface area is 104 Å². The van der Waals surface area contributed by atoms with Gasteiger partial charge in [0, 0.05) is 11.9 Å². The highest BCUT2D eigenvalue weighted by Crippen LogP contribution is 2.35. The first-order chi connectivity index (χ1) is 7.34. The molecule has 0 aromatic heterocycles. The van der Waals surface area contributed by atoms with Crippen molar-refractivity contribution in [2.75, 3.05) is 18.4 Å². The number of hydrogen-bond donors (Lipinski definition) is 0. The fraction of sp³-hybridized carbons (Fsp3) is 1.00. The van der Waals surface area contributed by atoms with E-state index in [2.05, 4.69) is 15.9 Å². The van der Waals surface area contributed by atoms with E-state index in [1.54, 1.807) is 4.90 Å². The van der Waals surface area contributed by atoms with E-state index in [1.807, 2.05) is 13.8 Å². The molecule has 2 atom stereocenters. The molecule has 1 fully saturated rings. The zero-order valence-corrected chi connectivity index (χ0v) is 11.3. The summed E-state index contributed by atoms with van der Waals surface area (Å²) in [6.45, 7) is 5.03. The van der Waals surface area contributed by atoms with Crippen molar-refractivity contribution in [2.45, 2.75) is 38.9 Å². The molecular formula is C11H19BrF3N. The van der Waals surface area contributed by atoms with Gasteiger partial charge in [-0.3, -0.25) is 4.90 Å². The summed E-state index contributed by atoms with van der Waals surface area (Å²) in [6, 6.07) is -1.24. The second-order valence-corrected chi connectivity index (χ2v) is 5.64. The molecule has 0 aromatic rings. The number of nitrogens with zero attached hydrogens (tertiary/aromatic N) is 1. The quantitative estimate of drug-likeness (QED) is 0.719. The average molecular weight is 302 g/mol. The first-order valence-corrected chi connectivity index (χ1v) is 6.83. The summed E-state index contributed by atoms with van der Waals surface area (Å²) in [7, 11) is 0. The number of likely N-dealkylation sites (tertiary alicyclic amines) is 1. The fourth-order valence-electron chi connectivity index (χ4n) is 2.26. The van der Waals surface area contributed by atoms with Crippen molar-refractivity contribution in [3.8, 4) is 0 Å². The van der Waals surface area contributed by atoms with E-state index in [0.29, 0.717) is 18.4 Å². The highest BCUT2D eigenvalue weighted by atomic mass is 79.9. The maximum absolute atomic E-state index is 12.9. The van der Waals surface area contributed by atoms with Gasteiger partial charge in [0.25, 0.3) is 0 Å². The number of halogens is 4. The highest BCUT2D eigenvalue weighted by molar-refractivity contribution is 9.09. The summed E-state index contributed by atoms with van der Waals surface area (Å²) < 4.78 is 38.7. The van der Waals surface area contributed by atoms with Gasteiger partial charge in [0.1, 0.15) is 6.04 Å². The normalized spacial score (nSPS) is 28.7. The molecule has 5 heteroatoms. The Morgan fingerprint density at radius 3 is 2.44 bits per heavy atom. The Morgan fingerprint density at radius 1 is 1.38 bits per heavy atom. The van der Waals surface area contributed by atoms with Gasteiger partial charge in [0.05, 0.1) is 0 Å². The molecule has 0 unspecified atom stereocenters. The minimum Gasteiger partial charge on any atom is -0.292 e. The van der Waals surface area contributed by atoms with Gasteiger partial charge in [-0.25, -0.2) is 0 Å². The first-order valence-electron chi connectivity index (χ1n) is 5.71. The van der Waals surface area contributed by atoms with Crippen LogP contribution in [0.25, 0.3) is 0 Å². The van der Waals surface area contributed by atoms with Crippen LogP contribution in [0.5, 0.6) is 0 Å². The van der Waals surface area contributed by atoms with Crippen LogP contribution in [0.3, 0.4) is 0 Å². The van der Waals surface area contributed by atoms with E-state index in [9.17, 15) is 13.2 Å². The van der Waals surface area contributed by atoms with Gasteiger partial charge in [-0.05, 0) is 31.2 Å². The van der Waals surface area contributed by atoms with E-state index >= 15 is 0 Å². The van der Waals surface area contributed by atoms with E-state index in [1.165, 1.54) is 0 Å². The molecule has 1 nitrogen and oxygen atoms in total. The molecule has 1 aliphatic heterocycles. The zero-order valence-electron chi connectivity index (χ0n) is 9.73. The largest absolute Gasteiger partial charge is 0.404 e. The molecule has 0 amide bonds. The molecule has 0 bridgehead atoms. The zero-order chi connectivity index (χ0) is 12.3. The Morgan fingerprint density at radius 2 is 2.00 bits per heavy atom. The summed E-state index contributed by atoms with van der Waals surface area (Å²) in [5, 5.41) is 0.676. The van der Waals surface area contributed by atoms with Crippen molar-refractivity contribution >= 4 is 15.9 Å². The molecular weight excluding hydrogens is 283 g/mol. The van der Waals surface area contributed by atoms with Crippen LogP contribution in [-0.4, -0.2) is 35.5 Å². The summed E-state index contributed by atoms with van der Waals surface area (Å²) in [5.41, 5.74) is 0. The van der Waals surface area contributed by atoms with Crippen molar-refractivity contribution < 1.29 is 13.2 Å². The third-order valence-electron chi connectivity index (χ3n) is 3.02. The van der Waals surface area contributed by atoms with Crippen molar-refractivity contribution in [3.05, 3.63) is 0 Å². The van der Waals surface area contributed by atoms with Crippen LogP contribution in [0.4, 0.5) is 13.2 Å². The van der Waals surface area contributed by atoms with Crippen LogP contribution in [0.2, 0.25) is 0 Å². The molecule has 0 saturated carbocycles. The first kappa shape index (κ1) is 14.3. The van der Waals surface area contributed by atoms with Crippen molar-refractivity contribution in [1.82, 2.24) is 4.90 Å². The van der Waals surface area contributed by atoms with Crippen LogP contribution in [0, 0.1) is 11.8 Å². The Bertz CT molecular complexity index is 218. The van der Waals surface area contributed by atoms with E-state index in [4.69, 9.17) is 0 Å². The van der Waals surface area contributed by atoms with Crippen molar-refractivity contribution in [3.63, 3.8) is 0 Å². The lowest BCUT2D eigenvalue weighted by Crippen LogP contribution is -2.52. The number of piperidine rings is 1. The van der Waals surface area contributed by atoms with Gasteiger partial charge in [-0.1, -0.05) is 29.8 Å². The predicted molar refractivity (Wildman–Crippen MR) is 62.8 cm³/mol. The molecule has 0 N–H and O–H groups in total. The topological polar surface area (TPSA) is 3.24 Å². The minimum absolute atomic E-state index is 0.162. The Hall–Kier alpha value is 0.230. The van der Waals surface area contributed by atoms with Crippen LogP contribution in [0.15, 0.2) is 0 Å². The average Bonchev–Trinajstić information content (AvgIpc) is 2.15. The molecule has 1 heterocycles. The summed E-state index contributed by atoms with van der Waals surface area (Å²) in [4.78, 5) is 1.60. The van der Waals surface area contributed by atoms with Crippen LogP contribution >= 0.6 is 15.9 Å². The number of rotatable bonds is 3. The summed E-state index contributed by atoms with van der Waals surface area (Å²) >= 11 is 3.29. The van der Waals surface area contributed by atoms with Crippen LogP contribution in [-0.2, 0) is 0 Å². The molecule has 96 valence electrons. The van der Waals surface area contributed by atoms with Gasteiger partial charge >= 0.3 is 6.18 Å². The standard InChI is InChI=1S/C11H19BrF3N/c1-8(2)7-16-4-3-9(6-12)5-10(16)11(13,14)15/h8-10H,3-7H2,1-2H3/t9-,10+/m0/s1. The third-order valence-corrected chi connectivity index (χ3v) is 3.93. The number of hydrogen-bond acceptors (Lipinski definition) is 1. The molecule has 0 aliphatic carbocycles. The summed E-state index contributed by atoms with van der Waals surface area (Å²) in [5.74, 6) is 0.445.